The van der Waals surface area contributed by atoms with Gasteiger partial charge in [-0.1, -0.05) is 51.1 Å². The van der Waals surface area contributed by atoms with Crippen molar-refractivity contribution in [2.75, 3.05) is 5.75 Å². The molecule has 0 saturated heterocycles. The highest BCUT2D eigenvalue weighted by atomic mass is 32.2. The van der Waals surface area contributed by atoms with Crippen molar-refractivity contribution in [3.05, 3.63) is 53.4 Å². The molecule has 2 heterocycles. The summed E-state index contributed by atoms with van der Waals surface area (Å²) in [5.74, 6) is 0.988. The molecule has 0 N–H and O–H groups in total. The number of halogens is 3. The first-order valence-electron chi connectivity index (χ1n) is 10.3. The molecule has 3 aromatic rings. The Kier molecular flexibility index (Phi) is 8.92. The van der Waals surface area contributed by atoms with E-state index in [1.165, 1.54) is 6.92 Å². The number of allylic oxidation sites excluding steroid dienone is 1. The Hall–Kier alpha value is -2.32. The zero-order valence-electron chi connectivity index (χ0n) is 19.0. The lowest BCUT2D eigenvalue weighted by Crippen LogP contribution is -2.09. The predicted molar refractivity (Wildman–Crippen MR) is 129 cm³/mol. The molecule has 32 heavy (non-hydrogen) atoms. The van der Waals surface area contributed by atoms with Crippen molar-refractivity contribution < 1.29 is 18.0 Å². The second-order valence-corrected chi connectivity index (χ2v) is 9.31. The number of carbonyl (C=O) groups excluding carboxylic acids is 1. The largest absolute Gasteiger partial charge is 0.412 e. The molecule has 3 rings (SSSR count). The predicted octanol–water partition coefficient (Wildman–Crippen LogP) is 8.12. The maximum Gasteiger partial charge on any atom is 0.412 e. The number of benzene rings is 1. The molecular formula is C24H27F3N2OS2. The molecule has 0 atom stereocenters. The minimum absolute atomic E-state index is 0.0368. The molecule has 0 aliphatic carbocycles. The van der Waals surface area contributed by atoms with Crippen LogP contribution in [0.5, 0.6) is 0 Å². The number of nitrogens with zero attached hydrogens (tertiary/aromatic N) is 2. The second kappa shape index (κ2) is 11.0. The van der Waals surface area contributed by atoms with Crippen LogP contribution in [0.2, 0.25) is 0 Å². The number of hydrogen-bond donors (Lipinski definition) is 0. The smallest absolute Gasteiger partial charge is 0.324 e. The first kappa shape index (κ1) is 25.9. The number of hydrogen-bond acceptors (Lipinski definition) is 4. The minimum Gasteiger partial charge on any atom is -0.324 e. The number of rotatable bonds is 6. The summed E-state index contributed by atoms with van der Waals surface area (Å²) < 4.78 is 41.8. The Morgan fingerprint density at radius 2 is 1.81 bits per heavy atom. The summed E-state index contributed by atoms with van der Waals surface area (Å²) >= 11 is 3.26. The second-order valence-electron chi connectivity index (χ2n) is 6.72. The number of ketones is 1. The van der Waals surface area contributed by atoms with Crippen LogP contribution in [0.3, 0.4) is 0 Å². The SMILES string of the molecule is CC.CCSc1sc(-c2ccccc2)cc1-c1nc(/C=C(\C)C(F)(F)F)c(C(C)=O)n1C. The van der Waals surface area contributed by atoms with Crippen LogP contribution < -0.4 is 0 Å². The first-order valence-corrected chi connectivity index (χ1v) is 12.1. The Balaban J connectivity index is 0.00000176. The fourth-order valence-corrected chi connectivity index (χ4v) is 5.40. The number of thioether (sulfide) groups is 1. The van der Waals surface area contributed by atoms with E-state index in [0.717, 1.165) is 39.0 Å². The molecule has 0 saturated carbocycles. The van der Waals surface area contributed by atoms with Gasteiger partial charge < -0.3 is 4.57 Å². The van der Waals surface area contributed by atoms with Gasteiger partial charge in [-0.15, -0.1) is 23.1 Å². The van der Waals surface area contributed by atoms with Gasteiger partial charge in [0.1, 0.15) is 11.5 Å². The minimum atomic E-state index is -4.47. The highest BCUT2D eigenvalue weighted by Gasteiger charge is 2.31. The maximum absolute atomic E-state index is 13.1. The summed E-state index contributed by atoms with van der Waals surface area (Å²) in [7, 11) is 1.67. The van der Waals surface area contributed by atoms with Crippen LogP contribution >= 0.6 is 23.1 Å². The lowest BCUT2D eigenvalue weighted by atomic mass is 10.1. The van der Waals surface area contributed by atoms with E-state index in [2.05, 4.69) is 4.98 Å². The van der Waals surface area contributed by atoms with Crippen molar-refractivity contribution in [3.63, 3.8) is 0 Å². The molecule has 0 spiro atoms. The van der Waals surface area contributed by atoms with Crippen molar-refractivity contribution in [3.8, 4) is 21.8 Å². The lowest BCUT2D eigenvalue weighted by molar-refractivity contribution is -0.0903. The van der Waals surface area contributed by atoms with Crippen LogP contribution in [0, 0.1) is 0 Å². The number of imidazole rings is 1. The van der Waals surface area contributed by atoms with Crippen molar-refractivity contribution >= 4 is 35.0 Å². The summed E-state index contributed by atoms with van der Waals surface area (Å²) in [5.41, 5.74) is 1.28. The summed E-state index contributed by atoms with van der Waals surface area (Å²) in [5, 5.41) is 0. The van der Waals surface area contributed by atoms with E-state index in [0.29, 0.717) is 5.82 Å². The first-order chi connectivity index (χ1) is 15.1. The van der Waals surface area contributed by atoms with Crippen molar-refractivity contribution in [1.29, 1.82) is 0 Å². The van der Waals surface area contributed by atoms with E-state index < -0.39 is 11.7 Å². The monoisotopic (exact) mass is 480 g/mol. The third-order valence-electron chi connectivity index (χ3n) is 4.53. The number of thiophene rings is 1. The van der Waals surface area contributed by atoms with Gasteiger partial charge >= 0.3 is 6.18 Å². The van der Waals surface area contributed by atoms with E-state index in [4.69, 9.17) is 0 Å². The normalized spacial score (nSPS) is 11.8. The summed E-state index contributed by atoms with van der Waals surface area (Å²) in [4.78, 5) is 17.7. The Labute approximate surface area is 195 Å². The van der Waals surface area contributed by atoms with E-state index in [-0.39, 0.29) is 17.2 Å². The number of Topliss-reactive ketones (excluding diaryl/α,β-unsaturated/α-hetero) is 1. The zero-order valence-corrected chi connectivity index (χ0v) is 20.6. The molecule has 3 nitrogen and oxygen atoms in total. The molecule has 0 aliphatic rings. The van der Waals surface area contributed by atoms with Crippen molar-refractivity contribution in [2.24, 2.45) is 7.05 Å². The molecule has 0 unspecified atom stereocenters. The fraction of sp³-hybridized carbons (Fsp3) is 0.333. The Morgan fingerprint density at radius 1 is 1.19 bits per heavy atom. The average molecular weight is 481 g/mol. The standard InChI is InChI=1S/C22H21F3N2OS2.C2H6/c1-5-29-21-16(12-18(30-21)15-9-7-6-8-10-15)20-26-17(11-13(2)22(23,24)25)19(14(3)28)27(20)4;1-2/h6-12H,5H2,1-4H3;1-2H3/b13-11+;. The van der Waals surface area contributed by atoms with E-state index in [9.17, 15) is 18.0 Å². The van der Waals surface area contributed by atoms with Crippen LogP contribution in [0.4, 0.5) is 13.2 Å². The average Bonchev–Trinajstić information content (AvgIpc) is 3.30. The number of alkyl halides is 3. The van der Waals surface area contributed by atoms with Crippen LogP contribution in [0.25, 0.3) is 27.9 Å². The van der Waals surface area contributed by atoms with Crippen LogP contribution in [0.1, 0.15) is 50.8 Å². The Bertz CT molecular complexity index is 1100. The van der Waals surface area contributed by atoms with Crippen LogP contribution in [-0.4, -0.2) is 27.3 Å². The molecule has 1 aromatic carbocycles. The summed E-state index contributed by atoms with van der Waals surface area (Å²) in [6.07, 6.45) is -3.53. The van der Waals surface area contributed by atoms with Gasteiger partial charge in [0.2, 0.25) is 0 Å². The maximum atomic E-state index is 13.1. The van der Waals surface area contributed by atoms with Gasteiger partial charge in [-0.25, -0.2) is 4.98 Å². The van der Waals surface area contributed by atoms with Gasteiger partial charge in [-0.05, 0) is 30.4 Å². The third-order valence-corrected chi connectivity index (χ3v) is 6.88. The van der Waals surface area contributed by atoms with E-state index in [1.807, 2.05) is 57.2 Å². The van der Waals surface area contributed by atoms with Gasteiger partial charge in [0.05, 0.1) is 9.90 Å². The molecule has 0 radical (unpaired) electrons. The van der Waals surface area contributed by atoms with Crippen LogP contribution in [-0.2, 0) is 7.05 Å². The zero-order chi connectivity index (χ0) is 24.1. The molecule has 172 valence electrons. The molecule has 2 aromatic heterocycles. The van der Waals surface area contributed by atoms with Gasteiger partial charge in [-0.2, -0.15) is 13.2 Å². The third kappa shape index (κ3) is 5.72. The fourth-order valence-electron chi connectivity index (χ4n) is 3.08. The van der Waals surface area contributed by atoms with Gasteiger partial charge in [-0.3, -0.25) is 4.79 Å². The molecule has 8 heteroatoms. The number of aromatic nitrogens is 2. The van der Waals surface area contributed by atoms with Gasteiger partial charge in [0.15, 0.2) is 5.78 Å². The topological polar surface area (TPSA) is 34.9 Å². The van der Waals surface area contributed by atoms with Gasteiger partial charge in [0.25, 0.3) is 0 Å². The molecule has 0 fully saturated rings. The molecule has 0 amide bonds. The Morgan fingerprint density at radius 3 is 2.34 bits per heavy atom. The van der Waals surface area contributed by atoms with Crippen molar-refractivity contribution in [2.45, 2.75) is 45.0 Å². The van der Waals surface area contributed by atoms with Crippen molar-refractivity contribution in [1.82, 2.24) is 9.55 Å². The van der Waals surface area contributed by atoms with Gasteiger partial charge in [0, 0.05) is 30.0 Å². The number of carbonyl (C=O) groups is 1. The quantitative estimate of drug-likeness (QED) is 0.264. The van der Waals surface area contributed by atoms with E-state index >= 15 is 0 Å². The molecule has 0 bridgehead atoms. The summed E-state index contributed by atoms with van der Waals surface area (Å²) in [6, 6.07) is 11.9. The highest BCUT2D eigenvalue weighted by molar-refractivity contribution is 8.01. The summed E-state index contributed by atoms with van der Waals surface area (Å²) in [6.45, 7) is 8.36. The van der Waals surface area contributed by atoms with Crippen LogP contribution in [0.15, 0.2) is 46.2 Å². The molecule has 0 aliphatic heterocycles. The van der Waals surface area contributed by atoms with E-state index in [1.54, 1.807) is 34.7 Å². The molecular weight excluding hydrogens is 453 g/mol. The lowest BCUT2D eigenvalue weighted by Gasteiger charge is -2.06. The highest BCUT2D eigenvalue weighted by Crippen LogP contribution is 2.43.